The van der Waals surface area contributed by atoms with E-state index in [0.717, 1.165) is 6.42 Å². The van der Waals surface area contributed by atoms with Crippen molar-refractivity contribution in [3.8, 4) is 12.1 Å². The van der Waals surface area contributed by atoms with Gasteiger partial charge in [0.05, 0.1) is 11.1 Å². The molecule has 0 saturated heterocycles. The van der Waals surface area contributed by atoms with Gasteiger partial charge in [0.2, 0.25) is 5.91 Å². The Morgan fingerprint density at radius 1 is 1.19 bits per heavy atom. The first-order chi connectivity index (χ1) is 9.97. The number of nitrogens with one attached hydrogen (secondary N) is 2. The van der Waals surface area contributed by atoms with Crippen LogP contribution in [0.4, 0.5) is 5.69 Å². The first kappa shape index (κ1) is 16.5. The predicted octanol–water partition coefficient (Wildman–Crippen LogP) is 2.39. The van der Waals surface area contributed by atoms with Crippen LogP contribution >= 0.6 is 0 Å². The molecule has 1 unspecified atom stereocenters. The van der Waals surface area contributed by atoms with Crippen molar-refractivity contribution in [2.24, 2.45) is 5.92 Å². The molecule has 1 amide bonds. The monoisotopic (exact) mass is 284 g/mol. The molecular weight excluding hydrogens is 264 g/mol. The van der Waals surface area contributed by atoms with Crippen LogP contribution in [-0.2, 0) is 4.79 Å². The highest BCUT2D eigenvalue weighted by Crippen LogP contribution is 2.15. The van der Waals surface area contributed by atoms with Crippen molar-refractivity contribution in [1.29, 1.82) is 10.5 Å². The highest BCUT2D eigenvalue weighted by Gasteiger charge is 2.13. The molecule has 5 heteroatoms. The molecule has 21 heavy (non-hydrogen) atoms. The van der Waals surface area contributed by atoms with E-state index >= 15 is 0 Å². The van der Waals surface area contributed by atoms with Gasteiger partial charge in [0.15, 0.2) is 0 Å². The number of nitrogens with zero attached hydrogens (tertiary/aromatic N) is 2. The normalized spacial score (nSPS) is 11.3. The first-order valence-corrected chi connectivity index (χ1v) is 6.96. The lowest BCUT2D eigenvalue weighted by atomic mass is 10.1. The van der Waals surface area contributed by atoms with Gasteiger partial charge in [-0.25, -0.2) is 0 Å². The first-order valence-electron chi connectivity index (χ1n) is 6.96. The Morgan fingerprint density at radius 2 is 1.86 bits per heavy atom. The molecule has 0 aromatic heterocycles. The van der Waals surface area contributed by atoms with Crippen LogP contribution in [0.2, 0.25) is 0 Å². The maximum Gasteiger partial charge on any atom is 0.242 e. The van der Waals surface area contributed by atoms with Crippen LogP contribution in [0, 0.1) is 28.6 Å². The third kappa shape index (κ3) is 5.16. The van der Waals surface area contributed by atoms with Gasteiger partial charge in [-0.2, -0.15) is 10.5 Å². The number of amides is 1. The molecule has 110 valence electrons. The number of hydrogen-bond donors (Lipinski definition) is 2. The van der Waals surface area contributed by atoms with Gasteiger partial charge in [-0.3, -0.25) is 4.79 Å². The highest BCUT2D eigenvalue weighted by atomic mass is 16.2. The lowest BCUT2D eigenvalue weighted by molar-refractivity contribution is -0.121. The summed E-state index contributed by atoms with van der Waals surface area (Å²) in [6.45, 7) is 6.62. The van der Waals surface area contributed by atoms with E-state index in [4.69, 9.17) is 10.5 Å². The molecule has 0 radical (unpaired) electrons. The van der Waals surface area contributed by atoms with E-state index in [9.17, 15) is 4.79 Å². The van der Waals surface area contributed by atoms with Gasteiger partial charge in [-0.05, 0) is 37.5 Å². The summed E-state index contributed by atoms with van der Waals surface area (Å²) in [5.41, 5.74) is 1.28. The standard InChI is InChI=1S/C16H20N4O/c1-11(2)6-7-19-16(21)12(3)20-15-5-4-13(9-17)14(8-15)10-18/h4-5,8,11-12,20H,6-7H2,1-3H3,(H,19,21). The van der Waals surface area contributed by atoms with E-state index in [0.29, 0.717) is 29.3 Å². The van der Waals surface area contributed by atoms with Crippen molar-refractivity contribution in [2.45, 2.75) is 33.2 Å². The third-order valence-corrected chi connectivity index (χ3v) is 3.06. The fraction of sp³-hybridized carbons (Fsp3) is 0.438. The Labute approximate surface area is 125 Å². The van der Waals surface area contributed by atoms with Crippen molar-refractivity contribution in [2.75, 3.05) is 11.9 Å². The van der Waals surface area contributed by atoms with Gasteiger partial charge in [-0.1, -0.05) is 13.8 Å². The van der Waals surface area contributed by atoms with Crippen LogP contribution in [0.15, 0.2) is 18.2 Å². The van der Waals surface area contributed by atoms with Crippen molar-refractivity contribution < 1.29 is 4.79 Å². The largest absolute Gasteiger partial charge is 0.374 e. The van der Waals surface area contributed by atoms with Gasteiger partial charge in [-0.15, -0.1) is 0 Å². The minimum Gasteiger partial charge on any atom is -0.374 e. The quantitative estimate of drug-likeness (QED) is 0.839. The molecule has 0 spiro atoms. The molecule has 0 aliphatic heterocycles. The average molecular weight is 284 g/mol. The number of carbonyl (C=O) groups is 1. The Bertz CT molecular complexity index is 581. The van der Waals surface area contributed by atoms with Crippen molar-refractivity contribution >= 4 is 11.6 Å². The van der Waals surface area contributed by atoms with Gasteiger partial charge in [0.1, 0.15) is 18.2 Å². The second kappa shape index (κ2) is 7.91. The summed E-state index contributed by atoms with van der Waals surface area (Å²) in [5, 5.41) is 23.7. The lowest BCUT2D eigenvalue weighted by Gasteiger charge is -2.16. The van der Waals surface area contributed by atoms with Gasteiger partial charge in [0.25, 0.3) is 0 Å². The summed E-state index contributed by atoms with van der Waals surface area (Å²) in [7, 11) is 0. The highest BCUT2D eigenvalue weighted by molar-refractivity contribution is 5.84. The zero-order valence-electron chi connectivity index (χ0n) is 12.6. The third-order valence-electron chi connectivity index (χ3n) is 3.06. The Hall–Kier alpha value is -2.53. The van der Waals surface area contributed by atoms with Crippen molar-refractivity contribution in [3.05, 3.63) is 29.3 Å². The fourth-order valence-corrected chi connectivity index (χ4v) is 1.78. The van der Waals surface area contributed by atoms with Crippen LogP contribution < -0.4 is 10.6 Å². The van der Waals surface area contributed by atoms with E-state index in [1.807, 2.05) is 12.1 Å². The summed E-state index contributed by atoms with van der Waals surface area (Å²) in [4.78, 5) is 11.9. The van der Waals surface area contributed by atoms with E-state index in [1.165, 1.54) is 0 Å². The molecule has 0 aliphatic rings. The number of benzene rings is 1. The van der Waals surface area contributed by atoms with Crippen molar-refractivity contribution in [1.82, 2.24) is 5.32 Å². The Morgan fingerprint density at radius 3 is 2.43 bits per heavy atom. The smallest absolute Gasteiger partial charge is 0.242 e. The fourth-order valence-electron chi connectivity index (χ4n) is 1.78. The molecule has 1 aromatic rings. The predicted molar refractivity (Wildman–Crippen MR) is 81.4 cm³/mol. The minimum atomic E-state index is -0.406. The zero-order chi connectivity index (χ0) is 15.8. The molecule has 0 fully saturated rings. The van der Waals surface area contributed by atoms with E-state index in [1.54, 1.807) is 25.1 Å². The number of carbonyl (C=O) groups excluding carboxylic acids is 1. The minimum absolute atomic E-state index is 0.0847. The van der Waals surface area contributed by atoms with Crippen LogP contribution in [-0.4, -0.2) is 18.5 Å². The molecule has 1 aromatic carbocycles. The number of rotatable bonds is 6. The summed E-state index contributed by atoms with van der Waals surface area (Å²) in [5.74, 6) is 0.462. The van der Waals surface area contributed by atoms with Crippen LogP contribution in [0.1, 0.15) is 38.3 Å². The molecule has 5 nitrogen and oxygen atoms in total. The number of nitriles is 2. The molecule has 0 heterocycles. The van der Waals surface area contributed by atoms with Crippen LogP contribution in [0.5, 0.6) is 0 Å². The Balaban J connectivity index is 2.63. The Kier molecular flexibility index (Phi) is 6.23. The molecule has 0 bridgehead atoms. The number of hydrogen-bond acceptors (Lipinski definition) is 4. The van der Waals surface area contributed by atoms with Crippen LogP contribution in [0.3, 0.4) is 0 Å². The number of anilines is 1. The summed E-state index contributed by atoms with van der Waals surface area (Å²) >= 11 is 0. The summed E-state index contributed by atoms with van der Waals surface area (Å²) < 4.78 is 0. The molecule has 1 rings (SSSR count). The topological polar surface area (TPSA) is 88.7 Å². The van der Waals surface area contributed by atoms with Gasteiger partial charge >= 0.3 is 0 Å². The second-order valence-corrected chi connectivity index (χ2v) is 5.32. The van der Waals surface area contributed by atoms with Gasteiger partial charge in [0, 0.05) is 12.2 Å². The summed E-state index contributed by atoms with van der Waals surface area (Å²) in [6.07, 6.45) is 0.938. The average Bonchev–Trinajstić information content (AvgIpc) is 2.46. The second-order valence-electron chi connectivity index (χ2n) is 5.32. The van der Waals surface area contributed by atoms with E-state index in [2.05, 4.69) is 24.5 Å². The molecule has 1 atom stereocenters. The molecular formula is C16H20N4O. The molecule has 0 saturated carbocycles. The maximum absolute atomic E-state index is 11.9. The molecule has 2 N–H and O–H groups in total. The maximum atomic E-state index is 11.9. The molecule has 0 aliphatic carbocycles. The van der Waals surface area contributed by atoms with E-state index < -0.39 is 6.04 Å². The van der Waals surface area contributed by atoms with Gasteiger partial charge < -0.3 is 10.6 Å². The van der Waals surface area contributed by atoms with Crippen molar-refractivity contribution in [3.63, 3.8) is 0 Å². The lowest BCUT2D eigenvalue weighted by Crippen LogP contribution is -2.38. The zero-order valence-corrected chi connectivity index (χ0v) is 12.6. The SMILES string of the molecule is CC(C)CCNC(=O)C(C)Nc1ccc(C#N)c(C#N)c1. The van der Waals surface area contributed by atoms with Crippen LogP contribution in [0.25, 0.3) is 0 Å². The van der Waals surface area contributed by atoms with E-state index in [-0.39, 0.29) is 5.91 Å². The summed E-state index contributed by atoms with van der Waals surface area (Å²) in [6, 6.07) is 8.37.